The number of unbranched alkanes of at least 4 members (excludes halogenated alkanes) is 3. The molecule has 0 bridgehead atoms. The summed E-state index contributed by atoms with van der Waals surface area (Å²) in [5.41, 5.74) is 1.21. The molecule has 0 unspecified atom stereocenters. The van der Waals surface area contributed by atoms with Crippen molar-refractivity contribution in [1.29, 1.82) is 0 Å². The predicted molar refractivity (Wildman–Crippen MR) is 107 cm³/mol. The molecule has 4 heteroatoms. The van der Waals surface area contributed by atoms with E-state index in [4.69, 9.17) is 0 Å². The molecule has 0 saturated carbocycles. The van der Waals surface area contributed by atoms with Gasteiger partial charge in [-0.05, 0) is 0 Å². The molecule has 1 aliphatic rings. The summed E-state index contributed by atoms with van der Waals surface area (Å²) in [7, 11) is 0. The second-order valence-electron chi connectivity index (χ2n) is 7.55. The number of hydrogen-bond acceptors (Lipinski definition) is 2. The van der Waals surface area contributed by atoms with E-state index in [1.54, 1.807) is 17.0 Å². The average Bonchev–Trinajstić information content (AvgIpc) is 2.88. The number of carbonyl (C=O) groups excluding carboxylic acids is 2. The minimum atomic E-state index is -2.55. The van der Waals surface area contributed by atoms with Gasteiger partial charge in [0.25, 0.3) is 0 Å². The summed E-state index contributed by atoms with van der Waals surface area (Å²) in [4.78, 5) is 27.3. The first-order valence-electron chi connectivity index (χ1n) is 10.0. The summed E-state index contributed by atoms with van der Waals surface area (Å²) < 4.78 is 4.75. The van der Waals surface area contributed by atoms with Crippen LogP contribution in [-0.4, -0.2) is 39.7 Å². The maximum atomic E-state index is 12.8. The summed E-state index contributed by atoms with van der Waals surface area (Å²) in [6.07, 6.45) is 7.39. The van der Waals surface area contributed by atoms with E-state index in [1.165, 1.54) is 51.8 Å². The van der Waals surface area contributed by atoms with Gasteiger partial charge >= 0.3 is 157 Å². The van der Waals surface area contributed by atoms with Gasteiger partial charge in [-0.1, -0.05) is 0 Å². The Labute approximate surface area is 157 Å². The Morgan fingerprint density at radius 3 is 1.52 bits per heavy atom. The topological polar surface area (TPSA) is 37.4 Å². The van der Waals surface area contributed by atoms with E-state index in [2.05, 4.69) is 20.8 Å². The Kier molecular flexibility index (Phi) is 7.98. The molecule has 0 atom stereocenters. The van der Waals surface area contributed by atoms with Crippen LogP contribution in [0, 0.1) is 0 Å². The fourth-order valence-electron chi connectivity index (χ4n) is 3.99. The summed E-state index contributed by atoms with van der Waals surface area (Å²) in [5, 5.41) is 0. The van der Waals surface area contributed by atoms with Crippen molar-refractivity contribution in [3.05, 3.63) is 35.4 Å². The Morgan fingerprint density at radius 1 is 0.760 bits per heavy atom. The van der Waals surface area contributed by atoms with E-state index >= 15 is 0 Å². The van der Waals surface area contributed by atoms with Gasteiger partial charge in [-0.15, -0.1) is 0 Å². The van der Waals surface area contributed by atoms with Gasteiger partial charge in [0.1, 0.15) is 0 Å². The van der Waals surface area contributed by atoms with Crippen LogP contribution in [0.4, 0.5) is 0 Å². The SMILES string of the molecule is CCC[CH2][Sn]([CH2]CCC)([CH2]CCC)[CH2]N1C(=O)c2ccccc2C1=O. The van der Waals surface area contributed by atoms with Gasteiger partial charge in [0.2, 0.25) is 0 Å². The van der Waals surface area contributed by atoms with Crippen LogP contribution in [0.3, 0.4) is 0 Å². The van der Waals surface area contributed by atoms with Crippen molar-refractivity contribution in [2.75, 3.05) is 4.56 Å². The molecule has 138 valence electrons. The van der Waals surface area contributed by atoms with Gasteiger partial charge < -0.3 is 0 Å². The molecule has 3 nitrogen and oxygen atoms in total. The van der Waals surface area contributed by atoms with E-state index in [0.29, 0.717) is 11.1 Å². The van der Waals surface area contributed by atoms with Gasteiger partial charge in [-0.3, -0.25) is 0 Å². The van der Waals surface area contributed by atoms with Gasteiger partial charge in [0.15, 0.2) is 0 Å². The van der Waals surface area contributed by atoms with E-state index in [0.717, 1.165) is 4.56 Å². The molecule has 25 heavy (non-hydrogen) atoms. The van der Waals surface area contributed by atoms with E-state index in [-0.39, 0.29) is 11.8 Å². The Morgan fingerprint density at radius 2 is 1.16 bits per heavy atom. The summed E-state index contributed by atoms with van der Waals surface area (Å²) in [6, 6.07) is 7.32. The average molecular weight is 450 g/mol. The third-order valence-electron chi connectivity index (χ3n) is 5.55. The molecule has 2 amide bonds. The first-order chi connectivity index (χ1) is 12.1. The number of nitrogens with zero attached hydrogens (tertiary/aromatic N) is 1. The van der Waals surface area contributed by atoms with Gasteiger partial charge in [-0.2, -0.15) is 0 Å². The number of hydrogen-bond donors (Lipinski definition) is 0. The molecule has 0 aliphatic carbocycles. The normalized spacial score (nSPS) is 14.3. The molecule has 0 aromatic heterocycles. The molecular weight excluding hydrogens is 417 g/mol. The van der Waals surface area contributed by atoms with Gasteiger partial charge in [0.05, 0.1) is 0 Å². The number of imide groups is 1. The molecule has 1 aliphatic heterocycles. The van der Waals surface area contributed by atoms with Crippen LogP contribution >= 0.6 is 0 Å². The van der Waals surface area contributed by atoms with Crippen molar-refractivity contribution >= 4 is 30.2 Å². The van der Waals surface area contributed by atoms with Crippen molar-refractivity contribution < 1.29 is 9.59 Å². The number of rotatable bonds is 11. The molecule has 0 N–H and O–H groups in total. The maximum absolute atomic E-state index is 12.8. The number of carbonyl (C=O) groups is 2. The first-order valence-corrected chi connectivity index (χ1v) is 18.1. The van der Waals surface area contributed by atoms with Crippen LogP contribution in [0.2, 0.25) is 13.3 Å². The molecule has 0 radical (unpaired) electrons. The zero-order valence-electron chi connectivity index (χ0n) is 16.1. The summed E-state index contributed by atoms with van der Waals surface area (Å²) >= 11 is -2.55. The number of fused-ring (bicyclic) bond motifs is 1. The van der Waals surface area contributed by atoms with Crippen molar-refractivity contribution in [1.82, 2.24) is 4.90 Å². The zero-order chi connectivity index (χ0) is 18.3. The molecule has 1 aromatic rings. The summed E-state index contributed by atoms with van der Waals surface area (Å²) in [6.45, 7) is 6.74. The van der Waals surface area contributed by atoms with E-state index in [9.17, 15) is 9.59 Å². The van der Waals surface area contributed by atoms with Crippen LogP contribution in [0.1, 0.15) is 80.0 Å². The quantitative estimate of drug-likeness (QED) is 0.322. The van der Waals surface area contributed by atoms with Gasteiger partial charge in [-0.25, -0.2) is 0 Å². The minimum absolute atomic E-state index is 0.0498. The third kappa shape index (κ3) is 4.87. The molecular formula is C21H33NO2Sn. The van der Waals surface area contributed by atoms with Crippen LogP contribution < -0.4 is 0 Å². The third-order valence-corrected chi connectivity index (χ3v) is 20.5. The second-order valence-corrected chi connectivity index (χ2v) is 21.3. The molecule has 2 rings (SSSR count). The van der Waals surface area contributed by atoms with Crippen LogP contribution in [0.25, 0.3) is 0 Å². The van der Waals surface area contributed by atoms with Crippen LogP contribution in [0.15, 0.2) is 24.3 Å². The van der Waals surface area contributed by atoms with Crippen LogP contribution in [-0.2, 0) is 0 Å². The second kappa shape index (κ2) is 9.75. The monoisotopic (exact) mass is 451 g/mol. The van der Waals surface area contributed by atoms with Crippen molar-refractivity contribution in [2.24, 2.45) is 0 Å². The molecule has 1 aromatic carbocycles. The number of benzene rings is 1. The molecule has 0 fully saturated rings. The van der Waals surface area contributed by atoms with Crippen molar-refractivity contribution in [3.8, 4) is 0 Å². The zero-order valence-corrected chi connectivity index (χ0v) is 19.0. The van der Waals surface area contributed by atoms with Crippen molar-refractivity contribution in [2.45, 2.75) is 72.6 Å². The molecule has 0 saturated heterocycles. The standard InChI is InChI=1S/C9H6NO2.3C4H9.Sn/c1-10-8(11)6-4-2-3-5-7(6)9(10)12;3*1-3-4-2;/h2-5H,1H2;3*1,3-4H2,2H3;. The Bertz CT molecular complexity index is 543. The number of amides is 2. The first kappa shape index (κ1) is 20.5. The molecule has 1 heterocycles. The van der Waals surface area contributed by atoms with Gasteiger partial charge in [0, 0.05) is 0 Å². The fraction of sp³-hybridized carbons (Fsp3) is 0.619. The predicted octanol–water partition coefficient (Wildman–Crippen LogP) is 5.67. The molecule has 0 spiro atoms. The summed E-state index contributed by atoms with van der Waals surface area (Å²) in [5.74, 6) is -0.0997. The van der Waals surface area contributed by atoms with E-state index < -0.39 is 18.4 Å². The fourth-order valence-corrected chi connectivity index (χ4v) is 19.7. The van der Waals surface area contributed by atoms with Crippen molar-refractivity contribution in [3.63, 3.8) is 0 Å². The Balaban J connectivity index is 2.25. The Hall–Kier alpha value is -0.841. The van der Waals surface area contributed by atoms with Crippen LogP contribution in [0.5, 0.6) is 0 Å². The van der Waals surface area contributed by atoms with E-state index in [1.807, 2.05) is 12.1 Å².